The first-order valence-corrected chi connectivity index (χ1v) is 5.78. The number of amides is 1. The van der Waals surface area contributed by atoms with Gasteiger partial charge in [-0.1, -0.05) is 6.92 Å². The number of furan rings is 1. The van der Waals surface area contributed by atoms with Crippen LogP contribution in [-0.2, 0) is 11.3 Å². The number of carbonyl (C=O) groups is 1. The van der Waals surface area contributed by atoms with Crippen molar-refractivity contribution in [1.29, 1.82) is 0 Å². The van der Waals surface area contributed by atoms with Crippen LogP contribution in [0.25, 0.3) is 0 Å². The lowest BCUT2D eigenvalue weighted by atomic mass is 9.83. The molecule has 1 aliphatic rings. The monoisotopic (exact) mass is 222 g/mol. The molecular weight excluding hydrogens is 204 g/mol. The zero-order valence-corrected chi connectivity index (χ0v) is 9.58. The molecule has 2 N–H and O–H groups in total. The fourth-order valence-electron chi connectivity index (χ4n) is 2.17. The summed E-state index contributed by atoms with van der Waals surface area (Å²) >= 11 is 0. The van der Waals surface area contributed by atoms with E-state index in [0.29, 0.717) is 6.54 Å². The van der Waals surface area contributed by atoms with Gasteiger partial charge in [0, 0.05) is 6.54 Å². The van der Waals surface area contributed by atoms with E-state index in [0.717, 1.165) is 31.7 Å². The van der Waals surface area contributed by atoms with Gasteiger partial charge in [-0.25, -0.2) is 0 Å². The van der Waals surface area contributed by atoms with Crippen molar-refractivity contribution < 1.29 is 9.21 Å². The van der Waals surface area contributed by atoms with Gasteiger partial charge in [0.2, 0.25) is 5.91 Å². The van der Waals surface area contributed by atoms with Crippen molar-refractivity contribution in [2.24, 2.45) is 5.41 Å². The smallest absolute Gasteiger partial charge is 0.227 e. The van der Waals surface area contributed by atoms with Crippen molar-refractivity contribution in [2.75, 3.05) is 13.1 Å². The molecular formula is C12H18N2O2. The predicted octanol–water partition coefficient (Wildman–Crippen LogP) is 1.29. The summed E-state index contributed by atoms with van der Waals surface area (Å²) in [5.41, 5.74) is -0.216. The maximum Gasteiger partial charge on any atom is 0.227 e. The molecule has 0 saturated carbocycles. The summed E-state index contributed by atoms with van der Waals surface area (Å²) in [7, 11) is 0. The fourth-order valence-corrected chi connectivity index (χ4v) is 2.17. The average molecular weight is 222 g/mol. The molecule has 2 rings (SSSR count). The average Bonchev–Trinajstić information content (AvgIpc) is 2.97. The van der Waals surface area contributed by atoms with E-state index in [1.165, 1.54) is 0 Å². The van der Waals surface area contributed by atoms with Gasteiger partial charge in [0.15, 0.2) is 0 Å². The van der Waals surface area contributed by atoms with E-state index in [1.807, 2.05) is 12.1 Å². The molecule has 4 nitrogen and oxygen atoms in total. The minimum atomic E-state index is -0.216. The molecule has 2 heterocycles. The van der Waals surface area contributed by atoms with Crippen molar-refractivity contribution in [2.45, 2.75) is 26.3 Å². The van der Waals surface area contributed by atoms with Crippen LogP contribution in [0.15, 0.2) is 22.8 Å². The molecule has 0 spiro atoms. The second-order valence-electron chi connectivity index (χ2n) is 4.32. The fraction of sp³-hybridized carbons (Fsp3) is 0.583. The molecule has 1 fully saturated rings. The van der Waals surface area contributed by atoms with Gasteiger partial charge in [-0.3, -0.25) is 4.79 Å². The highest BCUT2D eigenvalue weighted by molar-refractivity contribution is 5.83. The largest absolute Gasteiger partial charge is 0.467 e. The van der Waals surface area contributed by atoms with Crippen LogP contribution < -0.4 is 10.6 Å². The Hall–Kier alpha value is -1.29. The molecule has 4 heteroatoms. The Morgan fingerprint density at radius 3 is 3.12 bits per heavy atom. The second-order valence-corrected chi connectivity index (χ2v) is 4.32. The minimum Gasteiger partial charge on any atom is -0.467 e. The Morgan fingerprint density at radius 1 is 1.69 bits per heavy atom. The van der Waals surface area contributed by atoms with Crippen LogP contribution in [0.1, 0.15) is 25.5 Å². The molecule has 1 atom stereocenters. The van der Waals surface area contributed by atoms with E-state index in [-0.39, 0.29) is 11.3 Å². The van der Waals surface area contributed by atoms with E-state index in [2.05, 4.69) is 17.6 Å². The van der Waals surface area contributed by atoms with E-state index >= 15 is 0 Å². The predicted molar refractivity (Wildman–Crippen MR) is 60.8 cm³/mol. The number of rotatable bonds is 4. The molecule has 0 bridgehead atoms. The van der Waals surface area contributed by atoms with Crippen LogP contribution in [0.5, 0.6) is 0 Å². The van der Waals surface area contributed by atoms with Gasteiger partial charge < -0.3 is 15.1 Å². The number of hydrogen-bond donors (Lipinski definition) is 2. The number of hydrogen-bond acceptors (Lipinski definition) is 3. The Balaban J connectivity index is 1.91. The molecule has 1 unspecified atom stereocenters. The number of nitrogens with one attached hydrogen (secondary N) is 2. The van der Waals surface area contributed by atoms with Crippen LogP contribution in [0.3, 0.4) is 0 Å². The highest BCUT2D eigenvalue weighted by Gasteiger charge is 2.39. The lowest BCUT2D eigenvalue weighted by Crippen LogP contribution is -2.41. The van der Waals surface area contributed by atoms with E-state index < -0.39 is 0 Å². The highest BCUT2D eigenvalue weighted by atomic mass is 16.3. The Kier molecular flexibility index (Phi) is 3.29. The zero-order valence-electron chi connectivity index (χ0n) is 9.58. The van der Waals surface area contributed by atoms with Gasteiger partial charge in [-0.2, -0.15) is 0 Å². The summed E-state index contributed by atoms with van der Waals surface area (Å²) in [5, 5.41) is 6.20. The second kappa shape index (κ2) is 4.70. The van der Waals surface area contributed by atoms with E-state index in [1.54, 1.807) is 6.26 Å². The summed E-state index contributed by atoms with van der Waals surface area (Å²) in [6.07, 6.45) is 3.42. The summed E-state index contributed by atoms with van der Waals surface area (Å²) in [5.74, 6) is 0.932. The SMILES string of the molecule is CCC1(C(=O)NCc2ccco2)CCNC1. The summed E-state index contributed by atoms with van der Waals surface area (Å²) in [6, 6.07) is 3.69. The first-order valence-electron chi connectivity index (χ1n) is 5.78. The summed E-state index contributed by atoms with van der Waals surface area (Å²) in [6.45, 7) is 4.27. The lowest BCUT2D eigenvalue weighted by molar-refractivity contribution is -0.130. The maximum atomic E-state index is 12.1. The van der Waals surface area contributed by atoms with Crippen molar-refractivity contribution in [3.05, 3.63) is 24.2 Å². The third-order valence-electron chi connectivity index (χ3n) is 3.41. The minimum absolute atomic E-state index is 0.136. The molecule has 88 valence electrons. The molecule has 16 heavy (non-hydrogen) atoms. The summed E-state index contributed by atoms with van der Waals surface area (Å²) in [4.78, 5) is 12.1. The van der Waals surface area contributed by atoms with E-state index in [9.17, 15) is 4.79 Å². The van der Waals surface area contributed by atoms with Crippen molar-refractivity contribution in [3.8, 4) is 0 Å². The third-order valence-corrected chi connectivity index (χ3v) is 3.41. The van der Waals surface area contributed by atoms with Crippen molar-refractivity contribution in [1.82, 2.24) is 10.6 Å². The van der Waals surface area contributed by atoms with Gasteiger partial charge in [0.1, 0.15) is 5.76 Å². The molecule has 0 aromatic carbocycles. The molecule has 1 amide bonds. The van der Waals surface area contributed by atoms with Gasteiger partial charge in [0.25, 0.3) is 0 Å². The molecule has 1 aromatic heterocycles. The maximum absolute atomic E-state index is 12.1. The topological polar surface area (TPSA) is 54.3 Å². The Labute approximate surface area is 95.4 Å². The first kappa shape index (κ1) is 11.2. The van der Waals surface area contributed by atoms with Crippen molar-refractivity contribution >= 4 is 5.91 Å². The van der Waals surface area contributed by atoms with Crippen molar-refractivity contribution in [3.63, 3.8) is 0 Å². The normalized spacial score (nSPS) is 24.6. The van der Waals surface area contributed by atoms with Crippen LogP contribution in [0, 0.1) is 5.41 Å². The standard InChI is InChI=1S/C12H18N2O2/c1-2-12(5-6-13-9-12)11(15)14-8-10-4-3-7-16-10/h3-4,7,13H,2,5-6,8-9H2,1H3,(H,14,15). The van der Waals surface area contributed by atoms with Gasteiger partial charge in [-0.05, 0) is 31.5 Å². The summed E-state index contributed by atoms with van der Waals surface area (Å²) < 4.78 is 5.18. The molecule has 0 aliphatic carbocycles. The van der Waals surface area contributed by atoms with Crippen LogP contribution >= 0.6 is 0 Å². The molecule has 1 aromatic rings. The van der Waals surface area contributed by atoms with Crippen LogP contribution in [0.4, 0.5) is 0 Å². The zero-order chi connectivity index (χ0) is 11.4. The third kappa shape index (κ3) is 2.11. The van der Waals surface area contributed by atoms with Crippen LogP contribution in [0.2, 0.25) is 0 Å². The van der Waals surface area contributed by atoms with Gasteiger partial charge >= 0.3 is 0 Å². The quantitative estimate of drug-likeness (QED) is 0.807. The van der Waals surface area contributed by atoms with Gasteiger partial charge in [-0.15, -0.1) is 0 Å². The van der Waals surface area contributed by atoms with Crippen LogP contribution in [-0.4, -0.2) is 19.0 Å². The van der Waals surface area contributed by atoms with Gasteiger partial charge in [0.05, 0.1) is 18.2 Å². The first-order chi connectivity index (χ1) is 7.77. The molecule has 1 aliphatic heterocycles. The Bertz CT molecular complexity index is 340. The number of carbonyl (C=O) groups excluding carboxylic acids is 1. The Morgan fingerprint density at radius 2 is 2.56 bits per heavy atom. The molecule has 1 saturated heterocycles. The van der Waals surface area contributed by atoms with E-state index in [4.69, 9.17) is 4.42 Å². The highest BCUT2D eigenvalue weighted by Crippen LogP contribution is 2.29. The lowest BCUT2D eigenvalue weighted by Gasteiger charge is -2.24. The molecule has 0 radical (unpaired) electrons.